The van der Waals surface area contributed by atoms with Gasteiger partial charge in [0, 0.05) is 5.56 Å². The summed E-state index contributed by atoms with van der Waals surface area (Å²) in [6.45, 7) is 2.78. The van der Waals surface area contributed by atoms with E-state index in [-0.39, 0.29) is 22.7 Å². The first-order valence-corrected chi connectivity index (χ1v) is 3.91. The Balaban J connectivity index is 3.48. The van der Waals surface area contributed by atoms with Crippen LogP contribution in [-0.4, -0.2) is 28.1 Å². The summed E-state index contributed by atoms with van der Waals surface area (Å²) in [5, 5.41) is 8.72. The Morgan fingerprint density at radius 1 is 1.43 bits per heavy atom. The van der Waals surface area contributed by atoms with Crippen molar-refractivity contribution in [2.24, 2.45) is 0 Å². The van der Waals surface area contributed by atoms with Gasteiger partial charge in [-0.25, -0.2) is 4.79 Å². The first-order valence-electron chi connectivity index (χ1n) is 3.91. The van der Waals surface area contributed by atoms with Crippen LogP contribution in [0.3, 0.4) is 0 Å². The molecular weight excluding hydrogens is 186 g/mol. The standard InChI is InChI=1S/C9H9NO4/c1-4-7(5(2)12)6(3-11)10-8(4)9(13)14/h3,10H,1-2H3,(H,13,14). The number of carboxylic acid groups (broad SMARTS) is 1. The Bertz CT molecular complexity index is 417. The lowest BCUT2D eigenvalue weighted by Gasteiger charge is -1.94. The van der Waals surface area contributed by atoms with E-state index in [0.717, 1.165) is 0 Å². The number of aromatic amines is 1. The van der Waals surface area contributed by atoms with Crippen LogP contribution in [0.25, 0.3) is 0 Å². The van der Waals surface area contributed by atoms with E-state index in [0.29, 0.717) is 11.8 Å². The molecule has 2 N–H and O–H groups in total. The predicted molar refractivity (Wildman–Crippen MR) is 47.9 cm³/mol. The fourth-order valence-electron chi connectivity index (χ4n) is 1.37. The molecule has 0 spiro atoms. The van der Waals surface area contributed by atoms with Crippen LogP contribution in [-0.2, 0) is 0 Å². The second kappa shape index (κ2) is 3.45. The van der Waals surface area contributed by atoms with Crippen molar-refractivity contribution >= 4 is 18.0 Å². The SMILES string of the molecule is CC(=O)c1c(C=O)[nH]c(C(=O)O)c1C. The van der Waals surface area contributed by atoms with Crippen LogP contribution in [0.1, 0.15) is 43.8 Å². The molecule has 0 aromatic carbocycles. The minimum atomic E-state index is -1.18. The molecule has 0 unspecified atom stereocenters. The normalized spacial score (nSPS) is 9.86. The lowest BCUT2D eigenvalue weighted by Crippen LogP contribution is -2.00. The molecule has 0 saturated carbocycles. The Kier molecular flexibility index (Phi) is 2.51. The molecule has 1 aromatic rings. The zero-order valence-corrected chi connectivity index (χ0v) is 7.75. The number of aromatic carboxylic acids is 1. The van der Waals surface area contributed by atoms with Gasteiger partial charge >= 0.3 is 5.97 Å². The molecule has 5 nitrogen and oxygen atoms in total. The van der Waals surface area contributed by atoms with Gasteiger partial charge < -0.3 is 10.1 Å². The fraction of sp³-hybridized carbons (Fsp3) is 0.222. The third kappa shape index (κ3) is 1.44. The molecule has 0 fully saturated rings. The largest absolute Gasteiger partial charge is 0.477 e. The van der Waals surface area contributed by atoms with E-state index in [2.05, 4.69) is 4.98 Å². The van der Waals surface area contributed by atoms with Gasteiger partial charge in [0.2, 0.25) is 0 Å². The Hall–Kier alpha value is -1.91. The maximum atomic E-state index is 11.1. The number of hydrogen-bond acceptors (Lipinski definition) is 3. The molecule has 1 heterocycles. The molecule has 0 bridgehead atoms. The Labute approximate surface area is 79.7 Å². The number of carboxylic acids is 1. The minimum absolute atomic E-state index is 0.0207. The van der Waals surface area contributed by atoms with Gasteiger partial charge in [-0.05, 0) is 19.4 Å². The monoisotopic (exact) mass is 195 g/mol. The van der Waals surface area contributed by atoms with E-state index in [1.807, 2.05) is 0 Å². The molecule has 14 heavy (non-hydrogen) atoms. The van der Waals surface area contributed by atoms with Gasteiger partial charge in [-0.2, -0.15) is 0 Å². The second-order valence-corrected chi connectivity index (χ2v) is 2.89. The van der Waals surface area contributed by atoms with Gasteiger partial charge in [0.25, 0.3) is 0 Å². The summed E-state index contributed by atoms with van der Waals surface area (Å²) in [6.07, 6.45) is 0.441. The Morgan fingerprint density at radius 3 is 2.29 bits per heavy atom. The van der Waals surface area contributed by atoms with Crippen molar-refractivity contribution in [1.82, 2.24) is 4.98 Å². The summed E-state index contributed by atoms with van der Waals surface area (Å²) < 4.78 is 0. The molecule has 1 aromatic heterocycles. The van der Waals surface area contributed by atoms with E-state index in [1.165, 1.54) is 13.8 Å². The van der Waals surface area contributed by atoms with Crippen molar-refractivity contribution in [3.63, 3.8) is 0 Å². The summed E-state index contributed by atoms with van der Waals surface area (Å²) in [7, 11) is 0. The van der Waals surface area contributed by atoms with E-state index in [4.69, 9.17) is 5.11 Å². The van der Waals surface area contributed by atoms with Crippen LogP contribution in [0.5, 0.6) is 0 Å². The first-order chi connectivity index (χ1) is 6.49. The van der Waals surface area contributed by atoms with E-state index >= 15 is 0 Å². The second-order valence-electron chi connectivity index (χ2n) is 2.89. The number of aldehydes is 1. The van der Waals surface area contributed by atoms with Crippen LogP contribution >= 0.6 is 0 Å². The molecule has 0 aliphatic carbocycles. The zero-order valence-electron chi connectivity index (χ0n) is 7.75. The molecule has 0 radical (unpaired) electrons. The molecule has 0 aliphatic heterocycles. The number of H-pyrrole nitrogens is 1. The molecule has 5 heteroatoms. The molecule has 0 saturated heterocycles. The third-order valence-corrected chi connectivity index (χ3v) is 1.96. The van der Waals surface area contributed by atoms with E-state index < -0.39 is 5.97 Å². The smallest absolute Gasteiger partial charge is 0.352 e. The Morgan fingerprint density at radius 2 is 2.00 bits per heavy atom. The highest BCUT2D eigenvalue weighted by Gasteiger charge is 2.20. The molecule has 0 amide bonds. The fourth-order valence-corrected chi connectivity index (χ4v) is 1.37. The maximum Gasteiger partial charge on any atom is 0.352 e. The lowest BCUT2D eigenvalue weighted by molar-refractivity contribution is 0.0690. The van der Waals surface area contributed by atoms with Gasteiger partial charge in [-0.1, -0.05) is 0 Å². The van der Waals surface area contributed by atoms with Crippen LogP contribution < -0.4 is 0 Å². The van der Waals surface area contributed by atoms with Gasteiger partial charge in [-0.15, -0.1) is 0 Å². The number of Topliss-reactive ketones (excluding diaryl/α,β-unsaturated/α-hetero) is 1. The molecular formula is C9H9NO4. The minimum Gasteiger partial charge on any atom is -0.477 e. The van der Waals surface area contributed by atoms with E-state index in [1.54, 1.807) is 0 Å². The van der Waals surface area contributed by atoms with Crippen molar-refractivity contribution in [1.29, 1.82) is 0 Å². The molecule has 1 rings (SSSR count). The van der Waals surface area contributed by atoms with Crippen molar-refractivity contribution < 1.29 is 19.5 Å². The summed E-state index contributed by atoms with van der Waals surface area (Å²) in [5.74, 6) is -1.51. The third-order valence-electron chi connectivity index (χ3n) is 1.96. The number of carbonyl (C=O) groups is 3. The van der Waals surface area contributed by atoms with Crippen molar-refractivity contribution in [3.8, 4) is 0 Å². The summed E-state index contributed by atoms with van der Waals surface area (Å²) >= 11 is 0. The van der Waals surface area contributed by atoms with Gasteiger partial charge in [-0.3, -0.25) is 9.59 Å². The lowest BCUT2D eigenvalue weighted by atomic mass is 10.1. The number of carbonyl (C=O) groups excluding carboxylic acids is 2. The van der Waals surface area contributed by atoms with Gasteiger partial charge in [0.1, 0.15) is 5.69 Å². The van der Waals surface area contributed by atoms with Crippen molar-refractivity contribution in [2.75, 3.05) is 0 Å². The highest BCUT2D eigenvalue weighted by Crippen LogP contribution is 2.17. The zero-order chi connectivity index (χ0) is 10.9. The van der Waals surface area contributed by atoms with Gasteiger partial charge in [0.05, 0.1) is 5.69 Å². The molecule has 0 atom stereocenters. The number of rotatable bonds is 3. The predicted octanol–water partition coefficient (Wildman–Crippen LogP) is 1.04. The van der Waals surface area contributed by atoms with Crippen LogP contribution in [0.2, 0.25) is 0 Å². The molecule has 74 valence electrons. The van der Waals surface area contributed by atoms with Crippen molar-refractivity contribution in [2.45, 2.75) is 13.8 Å². The topological polar surface area (TPSA) is 87.2 Å². The number of hydrogen-bond donors (Lipinski definition) is 2. The number of nitrogens with one attached hydrogen (secondary N) is 1. The van der Waals surface area contributed by atoms with Crippen LogP contribution in [0.15, 0.2) is 0 Å². The quantitative estimate of drug-likeness (QED) is 0.557. The van der Waals surface area contributed by atoms with Crippen LogP contribution in [0, 0.1) is 6.92 Å². The number of ketones is 1. The summed E-state index contributed by atoms with van der Waals surface area (Å²) in [5.41, 5.74) is 0.356. The van der Waals surface area contributed by atoms with E-state index in [9.17, 15) is 14.4 Å². The number of aromatic nitrogens is 1. The van der Waals surface area contributed by atoms with Crippen LogP contribution in [0.4, 0.5) is 0 Å². The highest BCUT2D eigenvalue weighted by atomic mass is 16.4. The molecule has 0 aliphatic rings. The summed E-state index contributed by atoms with van der Waals surface area (Å²) in [4.78, 5) is 34.7. The highest BCUT2D eigenvalue weighted by molar-refractivity contribution is 6.05. The van der Waals surface area contributed by atoms with Crippen molar-refractivity contribution in [3.05, 3.63) is 22.5 Å². The maximum absolute atomic E-state index is 11.1. The van der Waals surface area contributed by atoms with Gasteiger partial charge in [0.15, 0.2) is 12.1 Å². The average molecular weight is 195 g/mol. The first kappa shape index (κ1) is 10.2. The summed E-state index contributed by atoms with van der Waals surface area (Å²) in [6, 6.07) is 0. The average Bonchev–Trinajstić information content (AvgIpc) is 2.42.